The van der Waals surface area contributed by atoms with E-state index in [9.17, 15) is 0 Å². The highest BCUT2D eigenvalue weighted by atomic mass is 35.5. The summed E-state index contributed by atoms with van der Waals surface area (Å²) in [6, 6.07) is 5.75. The highest BCUT2D eigenvalue weighted by molar-refractivity contribution is 6.30. The molecule has 0 aliphatic carbocycles. The van der Waals surface area contributed by atoms with Gasteiger partial charge in [0.25, 0.3) is 0 Å². The Balaban J connectivity index is 1.38. The molecule has 0 saturated carbocycles. The minimum absolute atomic E-state index is 0.499. The first kappa shape index (κ1) is 15.7. The molecule has 1 aromatic carbocycles. The number of nitrogens with zero attached hydrogens (tertiary/aromatic N) is 2. The number of benzene rings is 1. The second-order valence-electron chi connectivity index (χ2n) is 6.68. The Morgan fingerprint density at radius 1 is 1.42 bits per heavy atom. The zero-order valence-electron chi connectivity index (χ0n) is 13.9. The summed E-state index contributed by atoms with van der Waals surface area (Å²) in [6.07, 6.45) is 6.79. The first-order valence-electron chi connectivity index (χ1n) is 8.55. The van der Waals surface area contributed by atoms with Crippen LogP contribution in [0.1, 0.15) is 35.8 Å². The standard InChI is InChI=1S/C19H22ClN3O/c1-13-11-23-6-2-3-15(19(23)22-13)10-21-9-14-7-16-8-17(20)4-5-18(16)24-12-14/h4-5,7-8,11,15,21H,2-3,6,9-10,12H2,1H3/t15-/m1/s1. The van der Waals surface area contributed by atoms with Gasteiger partial charge in [0.2, 0.25) is 0 Å². The Bertz CT molecular complexity index is 781. The average Bonchev–Trinajstić information content (AvgIpc) is 2.95. The van der Waals surface area contributed by atoms with Gasteiger partial charge in [0.15, 0.2) is 0 Å². The molecule has 1 atom stereocenters. The maximum atomic E-state index is 6.07. The molecule has 4 nitrogen and oxygen atoms in total. The fourth-order valence-corrected chi connectivity index (χ4v) is 3.79. The smallest absolute Gasteiger partial charge is 0.127 e. The van der Waals surface area contributed by atoms with Gasteiger partial charge in [0, 0.05) is 42.3 Å². The van der Waals surface area contributed by atoms with Crippen LogP contribution >= 0.6 is 11.6 Å². The number of hydrogen-bond donors (Lipinski definition) is 1. The molecule has 0 bridgehead atoms. The van der Waals surface area contributed by atoms with Gasteiger partial charge in [-0.25, -0.2) is 4.98 Å². The molecule has 4 rings (SSSR count). The van der Waals surface area contributed by atoms with Gasteiger partial charge >= 0.3 is 0 Å². The van der Waals surface area contributed by atoms with E-state index < -0.39 is 0 Å². The number of aromatic nitrogens is 2. The van der Waals surface area contributed by atoms with Crippen LogP contribution in [0, 0.1) is 6.92 Å². The quantitative estimate of drug-likeness (QED) is 0.918. The van der Waals surface area contributed by atoms with Crippen molar-refractivity contribution in [3.8, 4) is 5.75 Å². The largest absolute Gasteiger partial charge is 0.489 e. The molecule has 2 aromatic rings. The molecule has 2 aliphatic heterocycles. The Morgan fingerprint density at radius 2 is 2.33 bits per heavy atom. The van der Waals surface area contributed by atoms with Gasteiger partial charge in [-0.05, 0) is 49.6 Å². The van der Waals surface area contributed by atoms with Crippen LogP contribution < -0.4 is 10.1 Å². The molecule has 1 aromatic heterocycles. The Kier molecular flexibility index (Phi) is 4.33. The highest BCUT2D eigenvalue weighted by Crippen LogP contribution is 2.29. The lowest BCUT2D eigenvalue weighted by atomic mass is 9.98. The molecule has 5 heteroatoms. The van der Waals surface area contributed by atoms with E-state index in [0.717, 1.165) is 41.7 Å². The molecule has 2 aliphatic rings. The average molecular weight is 344 g/mol. The minimum atomic E-state index is 0.499. The summed E-state index contributed by atoms with van der Waals surface area (Å²) in [7, 11) is 0. The molecular formula is C19H22ClN3O. The summed E-state index contributed by atoms with van der Waals surface area (Å²) < 4.78 is 8.12. The predicted molar refractivity (Wildman–Crippen MR) is 96.7 cm³/mol. The zero-order valence-corrected chi connectivity index (χ0v) is 14.6. The topological polar surface area (TPSA) is 39.1 Å². The lowest BCUT2D eigenvalue weighted by Crippen LogP contribution is -2.29. The molecule has 0 amide bonds. The number of imidazole rings is 1. The van der Waals surface area contributed by atoms with Crippen LogP contribution in [0.3, 0.4) is 0 Å². The van der Waals surface area contributed by atoms with Crippen molar-refractivity contribution < 1.29 is 4.74 Å². The third-order valence-corrected chi connectivity index (χ3v) is 4.97. The molecule has 0 radical (unpaired) electrons. The zero-order chi connectivity index (χ0) is 16.5. The number of rotatable bonds is 4. The fourth-order valence-electron chi connectivity index (χ4n) is 3.61. The van der Waals surface area contributed by atoms with Gasteiger partial charge in [-0.3, -0.25) is 0 Å². The van der Waals surface area contributed by atoms with E-state index in [1.165, 1.54) is 24.2 Å². The summed E-state index contributed by atoms with van der Waals surface area (Å²) >= 11 is 6.07. The molecule has 3 heterocycles. The van der Waals surface area contributed by atoms with Gasteiger partial charge in [0.05, 0.1) is 5.69 Å². The van der Waals surface area contributed by atoms with Crippen LogP contribution in [0.15, 0.2) is 30.0 Å². The molecule has 24 heavy (non-hydrogen) atoms. The third-order valence-electron chi connectivity index (χ3n) is 4.73. The van der Waals surface area contributed by atoms with Gasteiger partial charge in [-0.2, -0.15) is 0 Å². The van der Waals surface area contributed by atoms with Crippen LogP contribution in [0.25, 0.3) is 6.08 Å². The first-order chi connectivity index (χ1) is 11.7. The summed E-state index contributed by atoms with van der Waals surface area (Å²) in [5.41, 5.74) is 3.43. The van der Waals surface area contributed by atoms with E-state index in [1.807, 2.05) is 18.2 Å². The van der Waals surface area contributed by atoms with E-state index in [0.29, 0.717) is 12.5 Å². The Hall–Kier alpha value is -1.78. The van der Waals surface area contributed by atoms with Crippen molar-refractivity contribution in [1.29, 1.82) is 0 Å². The van der Waals surface area contributed by atoms with Crippen LogP contribution in [0.4, 0.5) is 0 Å². The van der Waals surface area contributed by atoms with E-state index in [1.54, 1.807) is 0 Å². The van der Waals surface area contributed by atoms with Crippen LogP contribution in [-0.2, 0) is 6.54 Å². The van der Waals surface area contributed by atoms with Gasteiger partial charge in [0.1, 0.15) is 18.2 Å². The van der Waals surface area contributed by atoms with Gasteiger partial charge in [-0.1, -0.05) is 11.6 Å². The normalized spacial score (nSPS) is 19.2. The van der Waals surface area contributed by atoms with E-state index in [4.69, 9.17) is 21.3 Å². The molecule has 0 unspecified atom stereocenters. The monoisotopic (exact) mass is 343 g/mol. The van der Waals surface area contributed by atoms with Crippen molar-refractivity contribution in [3.63, 3.8) is 0 Å². The number of aryl methyl sites for hydroxylation is 2. The lowest BCUT2D eigenvalue weighted by molar-refractivity contribution is 0.341. The molecule has 0 spiro atoms. The highest BCUT2D eigenvalue weighted by Gasteiger charge is 2.22. The van der Waals surface area contributed by atoms with Gasteiger partial charge in [-0.15, -0.1) is 0 Å². The Labute approximate surface area is 147 Å². The maximum absolute atomic E-state index is 6.07. The number of halogens is 1. The number of fused-ring (bicyclic) bond motifs is 2. The summed E-state index contributed by atoms with van der Waals surface area (Å²) in [6.45, 7) is 5.60. The Morgan fingerprint density at radius 3 is 3.25 bits per heavy atom. The number of nitrogens with one attached hydrogen (secondary N) is 1. The van der Waals surface area contributed by atoms with Crippen molar-refractivity contribution in [2.75, 3.05) is 19.7 Å². The molecular weight excluding hydrogens is 322 g/mol. The predicted octanol–water partition coefficient (Wildman–Crippen LogP) is 3.79. The van der Waals surface area contributed by atoms with E-state index in [-0.39, 0.29) is 0 Å². The van der Waals surface area contributed by atoms with Crippen LogP contribution in [0.2, 0.25) is 5.02 Å². The van der Waals surface area contributed by atoms with Crippen LogP contribution in [0.5, 0.6) is 5.75 Å². The van der Waals surface area contributed by atoms with Crippen LogP contribution in [-0.4, -0.2) is 29.2 Å². The minimum Gasteiger partial charge on any atom is -0.489 e. The number of hydrogen-bond acceptors (Lipinski definition) is 3. The van der Waals surface area contributed by atoms with E-state index >= 15 is 0 Å². The second-order valence-corrected chi connectivity index (χ2v) is 7.11. The summed E-state index contributed by atoms with van der Waals surface area (Å²) in [5.74, 6) is 2.64. The van der Waals surface area contributed by atoms with Crippen molar-refractivity contribution in [2.45, 2.75) is 32.2 Å². The third kappa shape index (κ3) is 3.21. The molecule has 126 valence electrons. The number of ether oxygens (including phenoxy) is 1. The molecule has 0 fully saturated rings. The molecule has 1 N–H and O–H groups in total. The first-order valence-corrected chi connectivity index (χ1v) is 8.93. The van der Waals surface area contributed by atoms with Crippen molar-refractivity contribution >= 4 is 17.7 Å². The summed E-state index contributed by atoms with van der Waals surface area (Å²) in [5, 5.41) is 4.33. The maximum Gasteiger partial charge on any atom is 0.127 e. The second kappa shape index (κ2) is 6.61. The fraction of sp³-hybridized carbons (Fsp3) is 0.421. The summed E-state index contributed by atoms with van der Waals surface area (Å²) in [4.78, 5) is 4.71. The van der Waals surface area contributed by atoms with Gasteiger partial charge < -0.3 is 14.6 Å². The van der Waals surface area contributed by atoms with Crippen molar-refractivity contribution in [3.05, 3.63) is 52.1 Å². The molecule has 0 saturated heterocycles. The SMILES string of the molecule is Cc1cn2c(n1)[C@@H](CNCC1=Cc3cc(Cl)ccc3OC1)CCC2. The van der Waals surface area contributed by atoms with E-state index in [2.05, 4.69) is 29.1 Å². The lowest BCUT2D eigenvalue weighted by Gasteiger charge is -2.24. The van der Waals surface area contributed by atoms with Crippen molar-refractivity contribution in [1.82, 2.24) is 14.9 Å². The van der Waals surface area contributed by atoms with Crippen molar-refractivity contribution in [2.24, 2.45) is 0 Å².